The van der Waals surface area contributed by atoms with Crippen LogP contribution in [0.3, 0.4) is 0 Å². The first kappa shape index (κ1) is 88.4. The summed E-state index contributed by atoms with van der Waals surface area (Å²) in [4.78, 5) is 76.6. The number of carboxylic acids is 1. The molecule has 4 aromatic rings. The van der Waals surface area contributed by atoms with Crippen molar-refractivity contribution in [2.24, 2.45) is 11.8 Å². The van der Waals surface area contributed by atoms with Gasteiger partial charge in [-0.3, -0.25) is 29.1 Å². The molecule has 0 spiro atoms. The normalized spacial score (nSPS) is 17.3. The summed E-state index contributed by atoms with van der Waals surface area (Å²) >= 11 is 5.28. The van der Waals surface area contributed by atoms with Crippen LogP contribution >= 0.6 is 33.0 Å². The van der Waals surface area contributed by atoms with Gasteiger partial charge in [0.25, 0.3) is 11.1 Å². The first-order valence-corrected chi connectivity index (χ1v) is 39.8. The van der Waals surface area contributed by atoms with Gasteiger partial charge in [-0.25, -0.2) is 14.2 Å². The van der Waals surface area contributed by atoms with Crippen LogP contribution in [0.2, 0.25) is 0 Å². The predicted molar refractivity (Wildman–Crippen MR) is 398 cm³/mol. The van der Waals surface area contributed by atoms with Gasteiger partial charge in [0.15, 0.2) is 22.3 Å². The van der Waals surface area contributed by atoms with Crippen LogP contribution in [0.25, 0.3) is 22.3 Å². The number of rotatable bonds is 48. The van der Waals surface area contributed by atoms with Crippen molar-refractivity contribution in [3.05, 3.63) is 70.0 Å². The number of allylic oxidation sites excluding steroid dienone is 1. The van der Waals surface area contributed by atoms with E-state index < -0.39 is 33.0 Å². The van der Waals surface area contributed by atoms with E-state index in [0.717, 1.165) is 76.2 Å². The van der Waals surface area contributed by atoms with Crippen LogP contribution in [0.4, 0.5) is 11.9 Å². The number of halogens is 3. The van der Waals surface area contributed by atoms with Gasteiger partial charge >= 0.3 is 5.97 Å². The number of nitrogens with two attached hydrogens (primary N) is 2. The largest absolute Gasteiger partial charge is 0.481 e. The van der Waals surface area contributed by atoms with E-state index in [1.807, 2.05) is 4.57 Å². The van der Waals surface area contributed by atoms with Crippen molar-refractivity contribution in [1.29, 1.82) is 0 Å². The molecule has 2 aliphatic carbocycles. The third kappa shape index (κ3) is 38.6. The minimum Gasteiger partial charge on any atom is -0.481 e. The molecule has 0 aromatic carbocycles. The quantitative estimate of drug-likeness (QED) is 0.00509. The second-order valence-corrected chi connectivity index (χ2v) is 29.1. The van der Waals surface area contributed by atoms with Crippen molar-refractivity contribution in [3.63, 3.8) is 0 Å². The number of nitrogens with one attached hydrogen (secondary N) is 2. The number of carbonyl (C=O) groups excluding carboxylic acids is 1. The number of anilines is 2. The van der Waals surface area contributed by atoms with Crippen molar-refractivity contribution in [3.8, 4) is 0 Å². The maximum Gasteiger partial charge on any atom is 0.303 e. The molecule has 2 aliphatic rings. The molecule has 554 valence electrons. The van der Waals surface area contributed by atoms with Crippen molar-refractivity contribution in [2.75, 3.05) is 24.7 Å². The molecule has 4 aromatic heterocycles. The number of aliphatic carboxylic acids is 1. The lowest BCUT2D eigenvalue weighted by atomic mass is 9.94. The van der Waals surface area contributed by atoms with E-state index in [1.165, 1.54) is 186 Å². The molecule has 0 aliphatic heterocycles. The minimum absolute atomic E-state index is 0.00659. The highest BCUT2D eigenvalue weighted by atomic mass is 36.0. The van der Waals surface area contributed by atoms with Gasteiger partial charge in [-0.1, -0.05) is 252 Å². The zero-order valence-electron chi connectivity index (χ0n) is 59.1. The Bertz CT molecular complexity index is 2900. The zero-order chi connectivity index (χ0) is 71.6. The first-order chi connectivity index (χ1) is 46.7. The molecule has 0 bridgehead atoms. The SMILES string of the molecule is C=C(CCCCCCCC[C@H]1C(=C)[C@@H](n2cnc3c(=O)[nH]c(N)nc32)C[C@@H]1O)OOCCCCCCC.C=C1[C@H](CO)[C@@H](O)C[C@@H]1n1cnc2c(=O)[nH]c(N)nc21.CCCCCCCCCCCCCCCC(=O)Cl.CCCCCCCCCCCCCCCC(=O)O.O=S(Cl)Cl. The fourth-order valence-corrected chi connectivity index (χ4v) is 12.7. The van der Waals surface area contributed by atoms with Crippen molar-refractivity contribution >= 4 is 87.6 Å². The smallest absolute Gasteiger partial charge is 0.303 e. The van der Waals surface area contributed by atoms with Gasteiger partial charge in [-0.2, -0.15) is 14.9 Å². The number of carbonyl (C=O) groups is 2. The number of aromatic amines is 2. The number of fused-ring (bicyclic) bond motifs is 2. The Morgan fingerprint density at radius 3 is 1.26 bits per heavy atom. The lowest BCUT2D eigenvalue weighted by Gasteiger charge is -2.17. The molecule has 10 N–H and O–H groups in total. The van der Waals surface area contributed by atoms with Crippen LogP contribution in [0, 0.1) is 11.8 Å². The summed E-state index contributed by atoms with van der Waals surface area (Å²) in [6.07, 6.45) is 52.5. The van der Waals surface area contributed by atoms with E-state index in [4.69, 9.17) is 42.2 Å². The van der Waals surface area contributed by atoms with E-state index in [-0.39, 0.29) is 64.3 Å². The average molecular weight is 1440 g/mol. The van der Waals surface area contributed by atoms with E-state index in [0.29, 0.717) is 54.9 Å². The Morgan fingerprint density at radius 1 is 0.567 bits per heavy atom. The maximum absolute atomic E-state index is 12.1. The molecule has 0 saturated heterocycles. The number of carboxylic acid groups (broad SMARTS) is 1. The Kier molecular flexibility index (Phi) is 50.2. The number of aliphatic hydroxyl groups excluding tert-OH is 3. The molecule has 25 heteroatoms. The molecule has 97 heavy (non-hydrogen) atoms. The number of H-pyrrole nitrogens is 2. The molecule has 0 radical (unpaired) electrons. The molecule has 2 fully saturated rings. The van der Waals surface area contributed by atoms with Gasteiger partial charge in [0, 0.05) is 52.5 Å². The summed E-state index contributed by atoms with van der Waals surface area (Å²) in [7, 11) is 7.36. The number of imidazole rings is 2. The molecule has 0 unspecified atom stereocenters. The second-order valence-electron chi connectivity index (χ2n) is 26.2. The van der Waals surface area contributed by atoms with Gasteiger partial charge in [-0.15, -0.1) is 0 Å². The van der Waals surface area contributed by atoms with Crippen LogP contribution in [0.5, 0.6) is 0 Å². The lowest BCUT2D eigenvalue weighted by molar-refractivity contribution is -0.264. The van der Waals surface area contributed by atoms with Gasteiger partial charge in [0.2, 0.25) is 26.4 Å². The third-order valence-electron chi connectivity index (χ3n) is 18.1. The Morgan fingerprint density at radius 2 is 0.897 bits per heavy atom. The number of hydrogen-bond acceptors (Lipinski definition) is 16. The van der Waals surface area contributed by atoms with Crippen LogP contribution in [-0.2, 0) is 28.6 Å². The topological polar surface area (TPSA) is 330 Å². The number of hydrogen-bond donors (Lipinski definition) is 8. The number of aliphatic hydroxyl groups is 3. The zero-order valence-corrected chi connectivity index (χ0v) is 62.2. The number of unbranched alkanes of at least 4 members (excludes halogenated alkanes) is 33. The molecule has 4 heterocycles. The molecule has 6 atom stereocenters. The maximum atomic E-state index is 12.1. The van der Waals surface area contributed by atoms with Crippen molar-refractivity contribution in [2.45, 2.75) is 321 Å². The molecular formula is C72H123Cl3N10O11S. The molecule has 6 rings (SSSR count). The van der Waals surface area contributed by atoms with Crippen molar-refractivity contribution in [1.82, 2.24) is 39.0 Å². The van der Waals surface area contributed by atoms with E-state index >= 15 is 0 Å². The minimum atomic E-state index is -1.67. The van der Waals surface area contributed by atoms with Crippen molar-refractivity contribution < 1.29 is 44.0 Å². The highest BCUT2D eigenvalue weighted by Gasteiger charge is 2.39. The summed E-state index contributed by atoms with van der Waals surface area (Å²) in [5.74, 6) is -0.223. The van der Waals surface area contributed by atoms with E-state index in [1.54, 1.807) is 10.9 Å². The molecular weight excluding hydrogens is 1320 g/mol. The molecule has 0 amide bonds. The fourth-order valence-electron chi connectivity index (χ4n) is 12.5. The fraction of sp³-hybridized carbons (Fsp3) is 0.750. The van der Waals surface area contributed by atoms with Gasteiger partial charge < -0.3 is 45.9 Å². The summed E-state index contributed by atoms with van der Waals surface area (Å²) in [6, 6.07) is -0.403. The molecule has 2 saturated carbocycles. The Hall–Kier alpha value is -4.68. The average Bonchev–Trinajstić information content (AvgIpc) is 1.64. The summed E-state index contributed by atoms with van der Waals surface area (Å²) < 4.78 is 12.6. The summed E-state index contributed by atoms with van der Waals surface area (Å²) in [6.45, 7) is 19.4. The van der Waals surface area contributed by atoms with Crippen LogP contribution in [0.15, 0.2) is 58.9 Å². The van der Waals surface area contributed by atoms with E-state index in [2.05, 4.69) is 91.8 Å². The number of nitrogen functional groups attached to an aromatic ring is 2. The standard InChI is InChI=1S/C28H45N5O4.C16H31ClO.C16H32O2.C12H15N5O3.Cl2OS/c1-4-5-6-11-14-17-36-37-20(2)15-12-9-7-8-10-13-16-22-21(3)23(18-24(22)34)33-19-30-25-26(33)31-28(29)32-27(25)35;2*1-2-3-4-5-6-7-8-9-10-11-12-13-14-15-16(17)18;1-5-6(3-18)8(19)2-7(5)17-4-14-9-10(17)15-12(13)16-11(9)20;1-4(2)3/h19,22-24,34H,2-18H2,1H3,(H3,29,31,32,35);2-15H2,1H3;2-15H2,1H3,(H,17,18);4,6-8,18-19H,1-3H2,(H3,13,15,16,20);/t22-,23-,24-;;;6-,7-,8-;/m0..0./s1. The molecule has 21 nitrogen and oxygen atoms in total. The third-order valence-corrected chi connectivity index (χ3v) is 18.3. The summed E-state index contributed by atoms with van der Waals surface area (Å²) in [5.41, 5.74) is 13.4. The Balaban J connectivity index is 0.000000457. The van der Waals surface area contributed by atoms with Gasteiger partial charge in [-0.05, 0) is 67.7 Å². The summed E-state index contributed by atoms with van der Waals surface area (Å²) in [5, 5.41) is 38.3. The van der Waals surface area contributed by atoms with Gasteiger partial charge in [0.1, 0.15) is 5.76 Å². The van der Waals surface area contributed by atoms with Crippen LogP contribution in [-0.4, -0.2) is 100 Å². The van der Waals surface area contributed by atoms with Crippen LogP contribution < -0.4 is 22.6 Å². The first-order valence-electron chi connectivity index (χ1n) is 36.6. The Labute approximate surface area is 595 Å². The number of aromatic nitrogens is 8. The monoisotopic (exact) mass is 1440 g/mol. The predicted octanol–water partition coefficient (Wildman–Crippen LogP) is 17.7. The highest BCUT2D eigenvalue weighted by Crippen LogP contribution is 2.43. The van der Waals surface area contributed by atoms with E-state index in [9.17, 15) is 34.5 Å². The highest BCUT2D eigenvalue weighted by molar-refractivity contribution is 8.26. The van der Waals surface area contributed by atoms with Gasteiger partial charge in [0.05, 0.1) is 50.2 Å². The second kappa shape index (κ2) is 55.1. The lowest BCUT2D eigenvalue weighted by Crippen LogP contribution is -2.17. The number of nitrogens with zero attached hydrogens (tertiary/aromatic N) is 6. The van der Waals surface area contributed by atoms with Crippen LogP contribution in [0.1, 0.15) is 309 Å².